The van der Waals surface area contributed by atoms with Gasteiger partial charge in [0.05, 0.1) is 17.9 Å². The molecule has 0 radical (unpaired) electrons. The summed E-state index contributed by atoms with van der Waals surface area (Å²) in [6.45, 7) is 5.33. The summed E-state index contributed by atoms with van der Waals surface area (Å²) in [5.74, 6) is 0. The fraction of sp³-hybridized carbons (Fsp3) is 0.375. The van der Waals surface area contributed by atoms with E-state index in [1.54, 1.807) is 12.4 Å². The summed E-state index contributed by atoms with van der Waals surface area (Å²) in [5, 5.41) is 3.57. The van der Waals surface area contributed by atoms with Crippen molar-refractivity contribution in [3.05, 3.63) is 59.7 Å². The van der Waals surface area contributed by atoms with Gasteiger partial charge in [0.25, 0.3) is 0 Å². The number of rotatable bonds is 6. The van der Waals surface area contributed by atoms with Crippen LogP contribution in [0.2, 0.25) is 0 Å². The third-order valence-electron chi connectivity index (χ3n) is 3.22. The summed E-state index contributed by atoms with van der Waals surface area (Å²) in [4.78, 5) is 8.65. The monoisotopic (exact) mass is 255 g/mol. The van der Waals surface area contributed by atoms with Crippen molar-refractivity contribution in [3.8, 4) is 0 Å². The van der Waals surface area contributed by atoms with Crippen LogP contribution in [0.1, 0.15) is 43.1 Å². The molecule has 0 fully saturated rings. The van der Waals surface area contributed by atoms with Crippen molar-refractivity contribution in [2.75, 3.05) is 6.54 Å². The quantitative estimate of drug-likeness (QED) is 0.861. The molecule has 1 aromatic carbocycles. The first-order valence-electron chi connectivity index (χ1n) is 6.93. The average molecular weight is 255 g/mol. The largest absolute Gasteiger partial charge is 0.305 e. The number of aromatic nitrogens is 2. The molecule has 1 atom stereocenters. The number of aryl methyl sites for hydroxylation is 1. The van der Waals surface area contributed by atoms with E-state index in [-0.39, 0.29) is 6.04 Å². The van der Waals surface area contributed by atoms with Crippen LogP contribution >= 0.6 is 0 Å². The van der Waals surface area contributed by atoms with Crippen molar-refractivity contribution < 1.29 is 0 Å². The van der Waals surface area contributed by atoms with Gasteiger partial charge in [-0.05, 0) is 30.5 Å². The summed E-state index contributed by atoms with van der Waals surface area (Å²) >= 11 is 0. The normalized spacial score (nSPS) is 12.3. The Morgan fingerprint density at radius 1 is 1.16 bits per heavy atom. The van der Waals surface area contributed by atoms with Gasteiger partial charge in [-0.15, -0.1) is 0 Å². The Hall–Kier alpha value is -1.74. The van der Waals surface area contributed by atoms with Gasteiger partial charge in [0.2, 0.25) is 0 Å². The Kier molecular flexibility index (Phi) is 5.04. The summed E-state index contributed by atoms with van der Waals surface area (Å²) in [5.41, 5.74) is 3.65. The molecule has 0 bridgehead atoms. The molecule has 0 aliphatic heterocycles. The van der Waals surface area contributed by atoms with Crippen LogP contribution in [0.25, 0.3) is 0 Å². The minimum Gasteiger partial charge on any atom is -0.305 e. The zero-order valence-electron chi connectivity index (χ0n) is 11.6. The second-order valence-corrected chi connectivity index (χ2v) is 4.57. The third-order valence-corrected chi connectivity index (χ3v) is 3.22. The molecule has 0 spiro atoms. The lowest BCUT2D eigenvalue weighted by molar-refractivity contribution is 0.580. The standard InChI is InChI=1S/C16H21N3/c1-3-9-19-16(15-12-17-10-11-18-15)14-8-6-5-7-13(14)4-2/h5-8,10-12,16,19H,3-4,9H2,1-2H3. The molecule has 3 nitrogen and oxygen atoms in total. The highest BCUT2D eigenvalue weighted by Crippen LogP contribution is 2.23. The first-order chi connectivity index (χ1) is 9.36. The fourth-order valence-corrected chi connectivity index (χ4v) is 2.26. The van der Waals surface area contributed by atoms with Gasteiger partial charge in [-0.3, -0.25) is 9.97 Å². The number of nitrogens with one attached hydrogen (secondary N) is 1. The molecule has 3 heteroatoms. The van der Waals surface area contributed by atoms with E-state index in [0.717, 1.165) is 25.1 Å². The van der Waals surface area contributed by atoms with Gasteiger partial charge < -0.3 is 5.32 Å². The smallest absolute Gasteiger partial charge is 0.0801 e. The molecule has 1 aromatic heterocycles. The molecule has 19 heavy (non-hydrogen) atoms. The van der Waals surface area contributed by atoms with Crippen molar-refractivity contribution in [1.29, 1.82) is 0 Å². The Morgan fingerprint density at radius 2 is 2.00 bits per heavy atom. The average Bonchev–Trinajstić information content (AvgIpc) is 2.49. The molecule has 0 aliphatic carbocycles. The van der Waals surface area contributed by atoms with Crippen LogP contribution < -0.4 is 5.32 Å². The predicted molar refractivity (Wildman–Crippen MR) is 78.0 cm³/mol. The van der Waals surface area contributed by atoms with Crippen LogP contribution in [-0.4, -0.2) is 16.5 Å². The van der Waals surface area contributed by atoms with Crippen molar-refractivity contribution in [3.63, 3.8) is 0 Å². The molecule has 2 aromatic rings. The van der Waals surface area contributed by atoms with Gasteiger partial charge in [0.1, 0.15) is 0 Å². The van der Waals surface area contributed by atoms with Gasteiger partial charge in [-0.2, -0.15) is 0 Å². The van der Waals surface area contributed by atoms with E-state index in [0.29, 0.717) is 0 Å². The maximum absolute atomic E-state index is 4.46. The first kappa shape index (κ1) is 13.7. The topological polar surface area (TPSA) is 37.8 Å². The summed E-state index contributed by atoms with van der Waals surface area (Å²) in [6.07, 6.45) is 7.45. The molecular formula is C16H21N3. The van der Waals surface area contributed by atoms with Crippen LogP contribution in [-0.2, 0) is 6.42 Å². The van der Waals surface area contributed by atoms with Gasteiger partial charge in [-0.25, -0.2) is 0 Å². The lowest BCUT2D eigenvalue weighted by Gasteiger charge is -2.20. The molecule has 2 rings (SSSR count). The molecule has 1 unspecified atom stereocenters. The van der Waals surface area contributed by atoms with E-state index in [4.69, 9.17) is 0 Å². The summed E-state index contributed by atoms with van der Waals surface area (Å²) in [7, 11) is 0. The molecule has 0 amide bonds. The van der Waals surface area contributed by atoms with E-state index >= 15 is 0 Å². The van der Waals surface area contributed by atoms with Gasteiger partial charge >= 0.3 is 0 Å². The Bertz CT molecular complexity index is 496. The van der Waals surface area contributed by atoms with E-state index in [1.165, 1.54) is 11.1 Å². The fourth-order valence-electron chi connectivity index (χ4n) is 2.26. The number of nitrogens with zero attached hydrogens (tertiary/aromatic N) is 2. The van der Waals surface area contributed by atoms with Gasteiger partial charge in [0, 0.05) is 12.4 Å². The van der Waals surface area contributed by atoms with E-state index in [9.17, 15) is 0 Å². The molecular weight excluding hydrogens is 234 g/mol. The molecule has 0 aliphatic rings. The Labute approximate surface area is 115 Å². The van der Waals surface area contributed by atoms with Crippen molar-refractivity contribution in [1.82, 2.24) is 15.3 Å². The molecule has 100 valence electrons. The number of benzene rings is 1. The minimum atomic E-state index is 0.129. The zero-order chi connectivity index (χ0) is 13.5. The van der Waals surface area contributed by atoms with E-state index < -0.39 is 0 Å². The molecule has 0 saturated carbocycles. The number of hydrogen-bond donors (Lipinski definition) is 1. The van der Waals surface area contributed by atoms with Gasteiger partial charge in [0.15, 0.2) is 0 Å². The van der Waals surface area contributed by atoms with Crippen molar-refractivity contribution >= 4 is 0 Å². The second-order valence-electron chi connectivity index (χ2n) is 4.57. The molecule has 1 heterocycles. The highest BCUT2D eigenvalue weighted by atomic mass is 14.9. The summed E-state index contributed by atoms with van der Waals surface area (Å²) in [6, 6.07) is 8.68. The maximum Gasteiger partial charge on any atom is 0.0801 e. The van der Waals surface area contributed by atoms with Crippen LogP contribution in [0.3, 0.4) is 0 Å². The Morgan fingerprint density at radius 3 is 2.68 bits per heavy atom. The lowest BCUT2D eigenvalue weighted by Crippen LogP contribution is -2.25. The Balaban J connectivity index is 2.37. The molecule has 0 saturated heterocycles. The van der Waals surface area contributed by atoms with E-state index in [1.807, 2.05) is 6.20 Å². The SMILES string of the molecule is CCCNC(c1cnccn1)c1ccccc1CC. The highest BCUT2D eigenvalue weighted by Gasteiger charge is 2.17. The van der Waals surface area contributed by atoms with Crippen LogP contribution in [0.5, 0.6) is 0 Å². The second kappa shape index (κ2) is 7.00. The minimum absolute atomic E-state index is 0.129. The highest BCUT2D eigenvalue weighted by molar-refractivity contribution is 5.34. The molecule has 1 N–H and O–H groups in total. The third kappa shape index (κ3) is 3.38. The van der Waals surface area contributed by atoms with Crippen molar-refractivity contribution in [2.24, 2.45) is 0 Å². The number of hydrogen-bond acceptors (Lipinski definition) is 3. The maximum atomic E-state index is 4.46. The lowest BCUT2D eigenvalue weighted by atomic mass is 9.96. The van der Waals surface area contributed by atoms with Gasteiger partial charge in [-0.1, -0.05) is 38.1 Å². The van der Waals surface area contributed by atoms with Crippen LogP contribution in [0.4, 0.5) is 0 Å². The van der Waals surface area contributed by atoms with Crippen LogP contribution in [0.15, 0.2) is 42.9 Å². The predicted octanol–water partition coefficient (Wildman–Crippen LogP) is 3.13. The van der Waals surface area contributed by atoms with E-state index in [2.05, 4.69) is 53.4 Å². The van der Waals surface area contributed by atoms with Crippen LogP contribution in [0, 0.1) is 0 Å². The first-order valence-corrected chi connectivity index (χ1v) is 6.93. The summed E-state index contributed by atoms with van der Waals surface area (Å²) < 4.78 is 0. The van der Waals surface area contributed by atoms with Crippen molar-refractivity contribution in [2.45, 2.75) is 32.7 Å². The zero-order valence-corrected chi connectivity index (χ0v) is 11.6.